The molecular weight excluding hydrogens is 460 g/mol. The van der Waals surface area contributed by atoms with Crippen molar-refractivity contribution in [3.05, 3.63) is 76.0 Å². The molecule has 2 aromatic heterocycles. The number of carbonyl (C=O) groups is 1. The maximum absolute atomic E-state index is 13.5. The largest absolute Gasteiger partial charge is 0.392 e. The van der Waals surface area contributed by atoms with Crippen molar-refractivity contribution in [2.75, 3.05) is 26.7 Å². The molecule has 1 saturated heterocycles. The Bertz CT molecular complexity index is 1450. The predicted molar refractivity (Wildman–Crippen MR) is 133 cm³/mol. The van der Waals surface area contributed by atoms with Gasteiger partial charge >= 0.3 is 0 Å². The van der Waals surface area contributed by atoms with Crippen LogP contribution in [0.2, 0.25) is 0 Å². The molecule has 0 saturated carbocycles. The summed E-state index contributed by atoms with van der Waals surface area (Å²) >= 11 is 0. The number of hydrogen-bond donors (Lipinski definition) is 2. The van der Waals surface area contributed by atoms with Gasteiger partial charge in [0.1, 0.15) is 0 Å². The summed E-state index contributed by atoms with van der Waals surface area (Å²) in [6.07, 6.45) is 1.78. The number of likely N-dealkylation sites (tertiary alicyclic amines) is 1. The van der Waals surface area contributed by atoms with E-state index in [1.165, 1.54) is 6.20 Å². The van der Waals surface area contributed by atoms with Gasteiger partial charge in [-0.3, -0.25) is 14.5 Å². The molecule has 36 heavy (non-hydrogen) atoms. The highest BCUT2D eigenvalue weighted by molar-refractivity contribution is 5.81. The number of H-pyrrole nitrogens is 1. The van der Waals surface area contributed by atoms with E-state index in [9.17, 15) is 14.7 Å². The van der Waals surface area contributed by atoms with Gasteiger partial charge in [0.05, 0.1) is 35.8 Å². The lowest BCUT2D eigenvalue weighted by atomic mass is 10.0. The van der Waals surface area contributed by atoms with Gasteiger partial charge in [-0.15, -0.1) is 0 Å². The van der Waals surface area contributed by atoms with Crippen LogP contribution in [-0.4, -0.2) is 73.7 Å². The van der Waals surface area contributed by atoms with E-state index in [0.29, 0.717) is 35.8 Å². The molecule has 4 aromatic rings. The zero-order chi connectivity index (χ0) is 25.2. The summed E-state index contributed by atoms with van der Waals surface area (Å²) in [5, 5.41) is 14.1. The number of β-amino-alcohol motifs (C(OH)–C–C–N with tert-alkyl or cyclic N) is 1. The molecule has 0 spiro atoms. The molecule has 1 fully saturated rings. The number of fused-ring (bicyclic) bond motifs is 1. The highest BCUT2D eigenvalue weighted by Crippen LogP contribution is 2.27. The summed E-state index contributed by atoms with van der Waals surface area (Å²) in [6.45, 7) is 3.68. The lowest BCUT2D eigenvalue weighted by molar-refractivity contribution is -0.131. The second-order valence-electron chi connectivity index (χ2n) is 9.26. The SMILES string of the molecule is Cc1nc(-c2cccc(C(CN3CC[C@@H](O)C3)N(C)C(=O)Cc3ccc4ncc(=O)[nH]c4c3)c2)no1. The van der Waals surface area contributed by atoms with Crippen LogP contribution in [0.5, 0.6) is 0 Å². The third kappa shape index (κ3) is 5.19. The maximum Gasteiger partial charge on any atom is 0.266 e. The number of aliphatic hydroxyl groups excluding tert-OH is 1. The summed E-state index contributed by atoms with van der Waals surface area (Å²) < 4.78 is 5.14. The van der Waals surface area contributed by atoms with Crippen molar-refractivity contribution in [2.45, 2.75) is 31.9 Å². The molecule has 1 unspecified atom stereocenters. The van der Waals surface area contributed by atoms with E-state index in [2.05, 4.69) is 25.0 Å². The molecular formula is C26H28N6O4. The first-order valence-electron chi connectivity index (χ1n) is 11.9. The lowest BCUT2D eigenvalue weighted by Crippen LogP contribution is -2.39. The molecule has 0 radical (unpaired) electrons. The molecule has 1 amide bonds. The number of rotatable bonds is 7. The molecule has 186 valence electrons. The van der Waals surface area contributed by atoms with Crippen LogP contribution in [0.15, 0.2) is 58.0 Å². The smallest absolute Gasteiger partial charge is 0.266 e. The van der Waals surface area contributed by atoms with Crippen LogP contribution in [0, 0.1) is 6.92 Å². The fourth-order valence-corrected chi connectivity index (χ4v) is 4.65. The molecule has 5 rings (SSSR count). The molecule has 2 atom stereocenters. The highest BCUT2D eigenvalue weighted by Gasteiger charge is 2.28. The quantitative estimate of drug-likeness (QED) is 0.405. The van der Waals surface area contributed by atoms with E-state index in [-0.39, 0.29) is 30.0 Å². The first-order valence-corrected chi connectivity index (χ1v) is 11.9. The van der Waals surface area contributed by atoms with E-state index < -0.39 is 0 Å². The third-order valence-electron chi connectivity index (χ3n) is 6.59. The van der Waals surface area contributed by atoms with E-state index in [4.69, 9.17) is 4.52 Å². The number of benzene rings is 2. The first-order chi connectivity index (χ1) is 17.4. The molecule has 0 aliphatic carbocycles. The molecule has 1 aliphatic rings. The van der Waals surface area contributed by atoms with Gasteiger partial charge in [-0.2, -0.15) is 4.98 Å². The van der Waals surface area contributed by atoms with E-state index in [0.717, 1.165) is 29.7 Å². The Labute approximate surface area is 207 Å². The van der Waals surface area contributed by atoms with Crippen LogP contribution in [-0.2, 0) is 11.2 Å². The standard InChI is InChI=1S/C26H28N6O4/c1-16-28-26(30-36-16)19-5-3-4-18(12-19)23(15-32-9-8-20(33)14-32)31(2)25(35)11-17-6-7-21-22(10-17)29-24(34)13-27-21/h3-7,10,12-13,20,23,33H,8-9,11,14-15H2,1-2H3,(H,29,34)/t20-,23?/m1/s1. The zero-order valence-electron chi connectivity index (χ0n) is 20.2. The minimum atomic E-state index is -0.353. The number of aliphatic hydroxyl groups is 1. The van der Waals surface area contributed by atoms with Crippen molar-refractivity contribution in [3.8, 4) is 11.4 Å². The van der Waals surface area contributed by atoms with E-state index in [1.54, 1.807) is 31.0 Å². The lowest BCUT2D eigenvalue weighted by Gasteiger charge is -2.32. The summed E-state index contributed by atoms with van der Waals surface area (Å²) in [5.74, 6) is 0.917. The topological polar surface area (TPSA) is 128 Å². The van der Waals surface area contributed by atoms with Crippen molar-refractivity contribution in [2.24, 2.45) is 0 Å². The third-order valence-corrected chi connectivity index (χ3v) is 6.59. The number of nitrogens with one attached hydrogen (secondary N) is 1. The van der Waals surface area contributed by atoms with Gasteiger partial charge < -0.3 is 19.5 Å². The number of likely N-dealkylation sites (N-methyl/N-ethyl adjacent to an activating group) is 1. The molecule has 3 heterocycles. The first kappa shape index (κ1) is 23.8. The summed E-state index contributed by atoms with van der Waals surface area (Å²) in [4.78, 5) is 40.3. The van der Waals surface area contributed by atoms with Crippen LogP contribution in [0.25, 0.3) is 22.4 Å². The van der Waals surface area contributed by atoms with E-state index in [1.807, 2.05) is 30.3 Å². The Morgan fingerprint density at radius 2 is 2.17 bits per heavy atom. The van der Waals surface area contributed by atoms with Gasteiger partial charge in [-0.25, -0.2) is 4.98 Å². The molecule has 0 bridgehead atoms. The molecule has 2 aromatic carbocycles. The fraction of sp³-hybridized carbons (Fsp3) is 0.346. The number of aryl methyl sites for hydroxylation is 1. The second-order valence-corrected chi connectivity index (χ2v) is 9.26. The predicted octanol–water partition coefficient (Wildman–Crippen LogP) is 2.09. The van der Waals surface area contributed by atoms with Crippen molar-refractivity contribution in [1.82, 2.24) is 29.9 Å². The van der Waals surface area contributed by atoms with Crippen LogP contribution in [0.1, 0.15) is 29.5 Å². The molecule has 10 heteroatoms. The average molecular weight is 489 g/mol. The van der Waals surface area contributed by atoms with Crippen molar-refractivity contribution in [1.29, 1.82) is 0 Å². The monoisotopic (exact) mass is 488 g/mol. The molecule has 10 nitrogen and oxygen atoms in total. The highest BCUT2D eigenvalue weighted by atomic mass is 16.5. The molecule has 2 N–H and O–H groups in total. The number of amides is 1. The second kappa shape index (κ2) is 10.00. The number of hydrogen-bond acceptors (Lipinski definition) is 8. The normalized spacial score (nSPS) is 16.9. The average Bonchev–Trinajstić information content (AvgIpc) is 3.49. The van der Waals surface area contributed by atoms with Crippen LogP contribution < -0.4 is 5.56 Å². The summed E-state index contributed by atoms with van der Waals surface area (Å²) in [7, 11) is 1.80. The van der Waals surface area contributed by atoms with E-state index >= 15 is 0 Å². The van der Waals surface area contributed by atoms with Gasteiger partial charge in [0, 0.05) is 39.2 Å². The van der Waals surface area contributed by atoms with Crippen molar-refractivity contribution < 1.29 is 14.4 Å². The van der Waals surface area contributed by atoms with Crippen LogP contribution in [0.3, 0.4) is 0 Å². The van der Waals surface area contributed by atoms with Gasteiger partial charge in [0.2, 0.25) is 17.6 Å². The number of aromatic nitrogens is 4. The Hall–Kier alpha value is -3.89. The number of nitrogens with zero attached hydrogens (tertiary/aromatic N) is 5. The Morgan fingerprint density at radius 3 is 2.92 bits per heavy atom. The zero-order valence-corrected chi connectivity index (χ0v) is 20.2. The number of aromatic amines is 1. The van der Waals surface area contributed by atoms with Gasteiger partial charge in [0.15, 0.2) is 0 Å². The van der Waals surface area contributed by atoms with Crippen molar-refractivity contribution in [3.63, 3.8) is 0 Å². The van der Waals surface area contributed by atoms with Gasteiger partial charge in [-0.1, -0.05) is 29.4 Å². The van der Waals surface area contributed by atoms with Crippen LogP contribution in [0.4, 0.5) is 0 Å². The summed E-state index contributed by atoms with van der Waals surface area (Å²) in [6, 6.07) is 13.0. The molecule has 1 aliphatic heterocycles. The summed E-state index contributed by atoms with van der Waals surface area (Å²) in [5.41, 5.74) is 3.52. The number of carbonyl (C=O) groups excluding carboxylic acids is 1. The van der Waals surface area contributed by atoms with Crippen molar-refractivity contribution >= 4 is 16.9 Å². The minimum absolute atomic E-state index is 0.0638. The minimum Gasteiger partial charge on any atom is -0.392 e. The Morgan fingerprint density at radius 1 is 1.31 bits per heavy atom. The van der Waals surface area contributed by atoms with Gasteiger partial charge in [-0.05, 0) is 35.7 Å². The van der Waals surface area contributed by atoms with Crippen LogP contribution >= 0.6 is 0 Å². The fourth-order valence-electron chi connectivity index (χ4n) is 4.65. The Balaban J connectivity index is 1.41. The van der Waals surface area contributed by atoms with Gasteiger partial charge in [0.25, 0.3) is 5.56 Å². The maximum atomic E-state index is 13.5. The Kier molecular flexibility index (Phi) is 6.62.